The van der Waals surface area contributed by atoms with Gasteiger partial charge in [-0.1, -0.05) is 0 Å². The Balaban J connectivity index is 2.43. The minimum atomic E-state index is -3.94. The van der Waals surface area contributed by atoms with E-state index in [1.54, 1.807) is 0 Å². The highest BCUT2D eigenvalue weighted by atomic mass is 32.2. The van der Waals surface area contributed by atoms with Gasteiger partial charge >= 0.3 is 0 Å². The zero-order chi connectivity index (χ0) is 14.8. The lowest BCUT2D eigenvalue weighted by Crippen LogP contribution is -2.17. The van der Waals surface area contributed by atoms with Gasteiger partial charge in [0.25, 0.3) is 15.7 Å². The Morgan fingerprint density at radius 1 is 1.40 bits per heavy atom. The number of nitrogens with zero attached hydrogens (tertiary/aromatic N) is 2. The number of H-pyrrole nitrogens is 1. The van der Waals surface area contributed by atoms with Gasteiger partial charge in [0.1, 0.15) is 4.90 Å². The number of aromatic nitrogens is 2. The molecule has 0 aliphatic rings. The second-order valence-electron chi connectivity index (χ2n) is 3.67. The van der Waals surface area contributed by atoms with Crippen molar-refractivity contribution in [2.24, 2.45) is 5.84 Å². The van der Waals surface area contributed by atoms with Crippen LogP contribution >= 0.6 is 0 Å². The van der Waals surface area contributed by atoms with E-state index in [1.807, 2.05) is 0 Å². The van der Waals surface area contributed by atoms with Crippen LogP contribution in [-0.2, 0) is 10.0 Å². The summed E-state index contributed by atoms with van der Waals surface area (Å²) >= 11 is 0. The number of nitrogens with two attached hydrogens (primary N) is 1. The molecule has 2 aromatic rings. The highest BCUT2D eigenvalue weighted by molar-refractivity contribution is 7.92. The van der Waals surface area contributed by atoms with E-state index >= 15 is 0 Å². The van der Waals surface area contributed by atoms with E-state index < -0.39 is 14.9 Å². The molecule has 20 heavy (non-hydrogen) atoms. The minimum absolute atomic E-state index is 0.0878. The number of hydrazine groups is 1. The summed E-state index contributed by atoms with van der Waals surface area (Å²) in [5.74, 6) is 5.21. The lowest BCUT2D eigenvalue weighted by Gasteiger charge is -2.10. The molecule has 10 nitrogen and oxygen atoms in total. The van der Waals surface area contributed by atoms with Gasteiger partial charge in [-0.15, -0.1) is 0 Å². The average Bonchev–Trinajstić information content (AvgIpc) is 2.89. The fourth-order valence-corrected chi connectivity index (χ4v) is 2.68. The van der Waals surface area contributed by atoms with Crippen LogP contribution in [0.4, 0.5) is 17.1 Å². The molecule has 0 unspecified atom stereocenters. The topological polar surface area (TPSA) is 156 Å². The van der Waals surface area contributed by atoms with E-state index in [9.17, 15) is 18.5 Å². The number of anilines is 2. The number of non-ortho nitro benzene ring substituents is 1. The Labute approximate surface area is 113 Å². The summed E-state index contributed by atoms with van der Waals surface area (Å²) in [4.78, 5) is 9.78. The molecule has 11 heteroatoms. The number of aromatic amines is 1. The Hall–Kier alpha value is -2.66. The van der Waals surface area contributed by atoms with Crippen LogP contribution in [0.2, 0.25) is 0 Å². The van der Waals surface area contributed by atoms with Crippen molar-refractivity contribution in [3.05, 3.63) is 40.7 Å². The average molecular weight is 298 g/mol. The van der Waals surface area contributed by atoms with E-state index in [4.69, 9.17) is 5.84 Å². The van der Waals surface area contributed by atoms with Gasteiger partial charge in [-0.3, -0.25) is 25.8 Å². The summed E-state index contributed by atoms with van der Waals surface area (Å²) in [6.07, 6.45) is 2.62. The second-order valence-corrected chi connectivity index (χ2v) is 5.33. The Morgan fingerprint density at radius 3 is 2.70 bits per heavy atom. The molecule has 0 atom stereocenters. The first kappa shape index (κ1) is 13.8. The molecule has 0 saturated heterocycles. The van der Waals surface area contributed by atoms with Gasteiger partial charge in [0.15, 0.2) is 0 Å². The lowest BCUT2D eigenvalue weighted by molar-refractivity contribution is -0.384. The summed E-state index contributed by atoms with van der Waals surface area (Å²) < 4.78 is 26.5. The predicted molar refractivity (Wildman–Crippen MR) is 70.3 cm³/mol. The number of hydrogen-bond donors (Lipinski definition) is 4. The molecule has 0 saturated carbocycles. The summed E-state index contributed by atoms with van der Waals surface area (Å²) in [6.45, 7) is 0. The van der Waals surface area contributed by atoms with Crippen LogP contribution in [0.25, 0.3) is 0 Å². The Kier molecular flexibility index (Phi) is 3.54. The van der Waals surface area contributed by atoms with Crippen LogP contribution in [-0.4, -0.2) is 23.5 Å². The van der Waals surface area contributed by atoms with Crippen molar-refractivity contribution >= 4 is 27.1 Å². The van der Waals surface area contributed by atoms with Gasteiger partial charge in [-0.25, -0.2) is 8.42 Å². The highest BCUT2D eigenvalue weighted by Gasteiger charge is 2.21. The third-order valence-electron chi connectivity index (χ3n) is 2.37. The normalized spacial score (nSPS) is 11.1. The highest BCUT2D eigenvalue weighted by Crippen LogP contribution is 2.27. The van der Waals surface area contributed by atoms with Gasteiger partial charge in [0.05, 0.1) is 22.5 Å². The van der Waals surface area contributed by atoms with Crippen LogP contribution < -0.4 is 16.0 Å². The van der Waals surface area contributed by atoms with Crippen LogP contribution in [0.3, 0.4) is 0 Å². The Bertz CT molecular complexity index is 727. The molecule has 2 rings (SSSR count). The van der Waals surface area contributed by atoms with E-state index in [0.29, 0.717) is 0 Å². The maximum Gasteiger partial charge on any atom is 0.271 e. The number of nitrogen functional groups attached to an aromatic ring is 1. The third kappa shape index (κ3) is 2.67. The van der Waals surface area contributed by atoms with Crippen molar-refractivity contribution in [1.82, 2.24) is 10.2 Å². The zero-order valence-electron chi connectivity index (χ0n) is 9.90. The van der Waals surface area contributed by atoms with Crippen LogP contribution in [0.1, 0.15) is 0 Å². The number of nitro benzene ring substituents is 1. The molecule has 0 spiro atoms. The molecule has 0 aliphatic heterocycles. The molecular weight excluding hydrogens is 288 g/mol. The second kappa shape index (κ2) is 5.14. The number of hydrogen-bond acceptors (Lipinski definition) is 7. The third-order valence-corrected chi connectivity index (χ3v) is 3.81. The van der Waals surface area contributed by atoms with E-state index in [0.717, 1.165) is 18.2 Å². The number of sulfonamides is 1. The van der Waals surface area contributed by atoms with Crippen LogP contribution in [0.15, 0.2) is 35.5 Å². The summed E-state index contributed by atoms with van der Waals surface area (Å²) in [5, 5.41) is 16.7. The van der Waals surface area contributed by atoms with Crippen molar-refractivity contribution in [3.63, 3.8) is 0 Å². The van der Waals surface area contributed by atoms with Crippen LogP contribution in [0.5, 0.6) is 0 Å². The zero-order valence-corrected chi connectivity index (χ0v) is 10.7. The van der Waals surface area contributed by atoms with Gasteiger partial charge in [-0.2, -0.15) is 5.10 Å². The standard InChI is InChI=1S/C9H10N6O4S/c10-13-8-3-7(15(16)17)1-2-9(8)20(18,19)14-6-4-11-12-5-6/h1-5,13-14H,10H2,(H,11,12). The van der Waals surface area contributed by atoms with Crippen molar-refractivity contribution in [3.8, 4) is 0 Å². The van der Waals surface area contributed by atoms with Crippen molar-refractivity contribution < 1.29 is 13.3 Å². The molecule has 5 N–H and O–H groups in total. The SMILES string of the molecule is NNc1cc([N+](=O)[O-])ccc1S(=O)(=O)Nc1cn[nH]c1. The molecule has 1 heterocycles. The molecule has 0 amide bonds. The first-order chi connectivity index (χ1) is 9.44. The van der Waals surface area contributed by atoms with E-state index in [-0.39, 0.29) is 22.0 Å². The summed E-state index contributed by atoms with van der Waals surface area (Å²) in [6, 6.07) is 3.20. The van der Waals surface area contributed by atoms with Crippen molar-refractivity contribution in [2.45, 2.75) is 4.90 Å². The molecule has 0 bridgehead atoms. The van der Waals surface area contributed by atoms with Gasteiger partial charge in [0.2, 0.25) is 0 Å². The fourth-order valence-electron chi connectivity index (χ4n) is 1.50. The smallest absolute Gasteiger partial charge is 0.271 e. The van der Waals surface area contributed by atoms with E-state index in [1.165, 1.54) is 12.4 Å². The molecule has 106 valence electrons. The molecule has 1 aromatic heterocycles. The molecule has 0 aliphatic carbocycles. The number of rotatable bonds is 5. The molecule has 0 fully saturated rings. The maximum absolute atomic E-state index is 12.1. The Morgan fingerprint density at radius 2 is 2.15 bits per heavy atom. The quantitative estimate of drug-likeness (QED) is 0.353. The first-order valence-corrected chi connectivity index (χ1v) is 6.69. The number of nitro groups is 1. The molecule has 1 aromatic carbocycles. The number of benzene rings is 1. The molecule has 0 radical (unpaired) electrons. The fraction of sp³-hybridized carbons (Fsp3) is 0. The summed E-state index contributed by atoms with van der Waals surface area (Å²) in [5.41, 5.74) is 1.99. The monoisotopic (exact) mass is 298 g/mol. The van der Waals surface area contributed by atoms with E-state index in [2.05, 4.69) is 20.3 Å². The minimum Gasteiger partial charge on any atom is -0.323 e. The largest absolute Gasteiger partial charge is 0.323 e. The van der Waals surface area contributed by atoms with Crippen molar-refractivity contribution in [2.75, 3.05) is 10.1 Å². The maximum atomic E-state index is 12.1. The van der Waals surface area contributed by atoms with Crippen molar-refractivity contribution in [1.29, 1.82) is 0 Å². The summed E-state index contributed by atoms with van der Waals surface area (Å²) in [7, 11) is -3.94. The lowest BCUT2D eigenvalue weighted by atomic mass is 10.3. The van der Waals surface area contributed by atoms with Gasteiger partial charge in [-0.05, 0) is 6.07 Å². The number of nitrogens with one attached hydrogen (secondary N) is 3. The molecular formula is C9H10N6O4S. The van der Waals surface area contributed by atoms with Crippen LogP contribution in [0, 0.1) is 10.1 Å². The first-order valence-electron chi connectivity index (χ1n) is 5.20. The van der Waals surface area contributed by atoms with Gasteiger partial charge in [0, 0.05) is 18.3 Å². The van der Waals surface area contributed by atoms with Gasteiger partial charge < -0.3 is 5.43 Å². The predicted octanol–water partition coefficient (Wildman–Crippen LogP) is 0.404.